The van der Waals surface area contributed by atoms with E-state index in [4.69, 9.17) is 23.7 Å². The van der Waals surface area contributed by atoms with E-state index in [2.05, 4.69) is 19.9 Å². The fourth-order valence-electron chi connectivity index (χ4n) is 9.66. The third-order valence-corrected chi connectivity index (χ3v) is 11.9. The van der Waals surface area contributed by atoms with Gasteiger partial charge in [0.15, 0.2) is 6.29 Å². The van der Waals surface area contributed by atoms with E-state index in [0.29, 0.717) is 12.5 Å². The number of rotatable bonds is 5. The van der Waals surface area contributed by atoms with Crippen LogP contribution in [0.1, 0.15) is 86.0 Å². The lowest BCUT2D eigenvalue weighted by Gasteiger charge is -2.62. The zero-order valence-corrected chi connectivity index (χ0v) is 24.2. The highest BCUT2D eigenvalue weighted by Crippen LogP contribution is 2.69. The summed E-state index contributed by atoms with van der Waals surface area (Å²) >= 11 is 0. The number of aliphatic hydroxyl groups is 3. The number of hydrogen-bond acceptors (Lipinski definition) is 8. The van der Waals surface area contributed by atoms with Crippen LogP contribution in [0.2, 0.25) is 0 Å². The highest BCUT2D eigenvalue weighted by Gasteiger charge is 2.66. The third kappa shape index (κ3) is 4.19. The largest absolute Gasteiger partial charge is 0.516 e. The summed E-state index contributed by atoms with van der Waals surface area (Å²) in [4.78, 5) is 0. The Morgan fingerprint density at radius 2 is 1.82 bits per heavy atom. The van der Waals surface area contributed by atoms with Gasteiger partial charge in [0.25, 0.3) is 6.48 Å². The number of aliphatic hydroxyl groups excluding tert-OH is 2. The molecule has 8 nitrogen and oxygen atoms in total. The lowest BCUT2D eigenvalue weighted by atomic mass is 9.45. The molecule has 13 atom stereocenters. The molecule has 2 heterocycles. The van der Waals surface area contributed by atoms with Crippen LogP contribution in [-0.2, 0) is 23.7 Å². The van der Waals surface area contributed by atoms with Crippen LogP contribution in [-0.4, -0.2) is 70.8 Å². The average Bonchev–Trinajstić information content (AvgIpc) is 3.46. The van der Waals surface area contributed by atoms with Crippen molar-refractivity contribution in [2.24, 2.45) is 28.6 Å². The number of allylic oxidation sites excluding steroid dienone is 2. The van der Waals surface area contributed by atoms with Gasteiger partial charge in [0.1, 0.15) is 18.3 Å². The Bertz CT molecular complexity index is 997. The first-order valence-electron chi connectivity index (χ1n) is 15.2. The summed E-state index contributed by atoms with van der Waals surface area (Å²) in [7, 11) is 0. The lowest BCUT2D eigenvalue weighted by Crippen LogP contribution is -2.61. The molecule has 3 N–H and O–H groups in total. The third-order valence-electron chi connectivity index (χ3n) is 11.9. The Labute approximate surface area is 232 Å². The van der Waals surface area contributed by atoms with Gasteiger partial charge in [-0.3, -0.25) is 0 Å². The van der Waals surface area contributed by atoms with Crippen LogP contribution >= 0.6 is 0 Å². The molecule has 5 unspecified atom stereocenters. The van der Waals surface area contributed by atoms with Crippen LogP contribution in [0.3, 0.4) is 0 Å². The van der Waals surface area contributed by atoms with E-state index in [9.17, 15) is 15.3 Å². The van der Waals surface area contributed by atoms with Crippen LogP contribution in [0.4, 0.5) is 0 Å². The van der Waals surface area contributed by atoms with E-state index in [1.807, 2.05) is 20.8 Å². The van der Waals surface area contributed by atoms with Gasteiger partial charge in [0.2, 0.25) is 0 Å². The smallest absolute Gasteiger partial charge is 0.272 e. The van der Waals surface area contributed by atoms with Crippen molar-refractivity contribution in [3.63, 3.8) is 0 Å². The molecule has 3 saturated carbocycles. The minimum Gasteiger partial charge on any atom is -0.516 e. The molecule has 0 aromatic heterocycles. The number of fused-ring (bicyclic) bond motifs is 6. The zero-order valence-electron chi connectivity index (χ0n) is 24.2. The first kappa shape index (κ1) is 28.1. The minimum atomic E-state index is -0.822. The normalized spacial score (nSPS) is 53.4. The van der Waals surface area contributed by atoms with Crippen molar-refractivity contribution in [3.05, 3.63) is 23.5 Å². The van der Waals surface area contributed by atoms with Crippen LogP contribution in [0.5, 0.6) is 0 Å². The lowest BCUT2D eigenvalue weighted by molar-refractivity contribution is -0.285. The van der Waals surface area contributed by atoms with Gasteiger partial charge < -0.3 is 39.0 Å². The standard InChI is InChI=1S/C31H48O8/c1-6-35-28-38-25-24(33)18(3)36-27(26(25)39-28)37-20-9-12-29(4)19(15-20)7-8-23-22(29)10-13-30(5)21(17(2)16-32)11-14-31(23,30)34/h15-16,18,20-28,32-34H,6-14H2,1-5H3/b17-16+/t18-,20-,21+,22?,23?,24+,25+,26+,27-,28?,29-,30?,31?/m0/s1. The van der Waals surface area contributed by atoms with Crippen LogP contribution in [0, 0.1) is 28.6 Å². The van der Waals surface area contributed by atoms with Gasteiger partial charge in [0.05, 0.1) is 24.1 Å². The molecule has 39 heavy (non-hydrogen) atoms. The van der Waals surface area contributed by atoms with Crippen LogP contribution in [0.15, 0.2) is 23.5 Å². The molecule has 5 fully saturated rings. The summed E-state index contributed by atoms with van der Waals surface area (Å²) in [6.45, 7) is 10.0. The first-order chi connectivity index (χ1) is 18.6. The topological polar surface area (TPSA) is 107 Å². The van der Waals surface area contributed by atoms with Gasteiger partial charge >= 0.3 is 0 Å². The molecule has 6 aliphatic rings. The molecule has 220 valence electrons. The second-order valence-corrected chi connectivity index (χ2v) is 13.6. The molecule has 4 aliphatic carbocycles. The maximum atomic E-state index is 12.3. The van der Waals surface area contributed by atoms with Gasteiger partial charge in [-0.15, -0.1) is 0 Å². The van der Waals surface area contributed by atoms with E-state index in [1.165, 1.54) is 11.8 Å². The van der Waals surface area contributed by atoms with Crippen molar-refractivity contribution >= 4 is 0 Å². The van der Waals surface area contributed by atoms with Crippen molar-refractivity contribution in [1.29, 1.82) is 0 Å². The van der Waals surface area contributed by atoms with Crippen LogP contribution in [0.25, 0.3) is 0 Å². The Balaban J connectivity index is 1.19. The average molecular weight is 549 g/mol. The maximum absolute atomic E-state index is 12.3. The highest BCUT2D eigenvalue weighted by molar-refractivity contribution is 5.29. The maximum Gasteiger partial charge on any atom is 0.272 e. The predicted octanol–water partition coefficient (Wildman–Crippen LogP) is 4.74. The van der Waals surface area contributed by atoms with E-state index >= 15 is 0 Å². The SMILES string of the molecule is CCOC1O[C@@H]2[C@H](O)[C@H](C)O[C@@H](O[C@@H]3C=C4CCC5C(CCC6(C)[C@@H](/C(C)=C/O)CCC56O)[C@@]4(C)CC3)[C@@H]2O1. The summed E-state index contributed by atoms with van der Waals surface area (Å²) in [6, 6.07) is 0. The van der Waals surface area contributed by atoms with Gasteiger partial charge in [-0.1, -0.05) is 25.5 Å². The van der Waals surface area contributed by atoms with Gasteiger partial charge in [-0.05, 0) is 101 Å². The van der Waals surface area contributed by atoms with Gasteiger partial charge in [-0.25, -0.2) is 0 Å². The van der Waals surface area contributed by atoms with Gasteiger partial charge in [-0.2, -0.15) is 0 Å². The Morgan fingerprint density at radius 3 is 2.56 bits per heavy atom. The van der Waals surface area contributed by atoms with E-state index in [-0.39, 0.29) is 28.8 Å². The quantitative estimate of drug-likeness (QED) is 0.334. The molecule has 0 radical (unpaired) electrons. The predicted molar refractivity (Wildman–Crippen MR) is 143 cm³/mol. The van der Waals surface area contributed by atoms with Crippen molar-refractivity contribution in [2.75, 3.05) is 6.61 Å². The summed E-state index contributed by atoms with van der Waals surface area (Å²) in [5, 5.41) is 32.7. The molecule has 2 saturated heterocycles. The number of hydrogen-bond donors (Lipinski definition) is 3. The Kier molecular flexibility index (Phi) is 7.27. The summed E-state index contributed by atoms with van der Waals surface area (Å²) in [5.41, 5.74) is 1.63. The summed E-state index contributed by atoms with van der Waals surface area (Å²) < 4.78 is 29.9. The summed E-state index contributed by atoms with van der Waals surface area (Å²) in [5.74, 6) is 0.959. The van der Waals surface area contributed by atoms with E-state index in [0.717, 1.165) is 56.9 Å². The van der Waals surface area contributed by atoms with E-state index < -0.39 is 42.8 Å². The Hall–Kier alpha value is -1.00. The molecule has 0 amide bonds. The second-order valence-electron chi connectivity index (χ2n) is 13.6. The molecule has 0 bridgehead atoms. The molecule has 0 aromatic carbocycles. The van der Waals surface area contributed by atoms with Crippen molar-refractivity contribution in [3.8, 4) is 0 Å². The molecule has 6 rings (SSSR count). The van der Waals surface area contributed by atoms with Crippen molar-refractivity contribution in [1.82, 2.24) is 0 Å². The molecular formula is C31H48O8. The van der Waals surface area contributed by atoms with Crippen molar-refractivity contribution < 1.29 is 39.0 Å². The number of ether oxygens (including phenoxy) is 5. The zero-order chi connectivity index (χ0) is 27.7. The molecule has 0 spiro atoms. The Morgan fingerprint density at radius 1 is 1.05 bits per heavy atom. The van der Waals surface area contributed by atoms with E-state index in [1.54, 1.807) is 0 Å². The minimum absolute atomic E-state index is 0.0479. The monoisotopic (exact) mass is 548 g/mol. The molecule has 8 heteroatoms. The van der Waals surface area contributed by atoms with Gasteiger partial charge in [0, 0.05) is 12.0 Å². The highest BCUT2D eigenvalue weighted by atomic mass is 16.9. The van der Waals surface area contributed by atoms with Crippen LogP contribution < -0.4 is 0 Å². The summed E-state index contributed by atoms with van der Waals surface area (Å²) in [6.07, 6.45) is 8.18. The van der Waals surface area contributed by atoms with Crippen molar-refractivity contribution in [2.45, 2.75) is 135 Å². The molecule has 2 aliphatic heterocycles. The molecule has 0 aromatic rings. The first-order valence-corrected chi connectivity index (χ1v) is 15.2. The second kappa shape index (κ2) is 10.1. The molecular weight excluding hydrogens is 500 g/mol. The fourth-order valence-corrected chi connectivity index (χ4v) is 9.66. The fraction of sp³-hybridized carbons (Fsp3) is 0.871.